The van der Waals surface area contributed by atoms with Gasteiger partial charge in [0, 0.05) is 10.7 Å². The van der Waals surface area contributed by atoms with Gasteiger partial charge in [-0.3, -0.25) is 15.0 Å². The molecule has 2 N–H and O–H groups in total. The van der Waals surface area contributed by atoms with Gasteiger partial charge in [0.15, 0.2) is 6.17 Å². The maximum atomic E-state index is 12.9. The first-order valence-electron chi connectivity index (χ1n) is 8.97. The molecule has 2 heterocycles. The van der Waals surface area contributed by atoms with Gasteiger partial charge < -0.3 is 15.1 Å². The molecule has 0 radical (unpaired) electrons. The number of carbonyl (C=O) groups excluding carboxylic acids is 2. The zero-order valence-electron chi connectivity index (χ0n) is 14.6. The number of aryl methyl sites for hydroxylation is 1. The van der Waals surface area contributed by atoms with Crippen molar-refractivity contribution in [2.45, 2.75) is 50.9 Å². The minimum absolute atomic E-state index is 0.0397. The van der Waals surface area contributed by atoms with Gasteiger partial charge in [0.05, 0.1) is 12.1 Å². The molecule has 2 aliphatic heterocycles. The fourth-order valence-corrected chi connectivity index (χ4v) is 4.33. The van der Waals surface area contributed by atoms with Crippen LogP contribution < -0.4 is 10.7 Å². The number of hydrazone groups is 1. The number of amides is 2. The molecule has 0 bridgehead atoms. The topological polar surface area (TPSA) is 77.0 Å². The molecular formula is C18H22ClN5O2. The first-order valence-corrected chi connectivity index (χ1v) is 9.35. The average Bonchev–Trinajstić information content (AvgIpc) is 3.12. The fraction of sp³-hybridized carbons (Fsp3) is 0.500. The molecule has 3 unspecified atom stereocenters. The minimum atomic E-state index is -0.491. The first kappa shape index (κ1) is 17.1. The molecule has 26 heavy (non-hydrogen) atoms. The normalized spacial score (nSPS) is 27.0. The fourth-order valence-electron chi connectivity index (χ4n) is 4.16. The monoisotopic (exact) mass is 375 g/mol. The lowest BCUT2D eigenvalue weighted by molar-refractivity contribution is -0.151. The first-order chi connectivity index (χ1) is 12.5. The number of anilines is 1. The van der Waals surface area contributed by atoms with Crippen molar-refractivity contribution in [3.8, 4) is 0 Å². The molecule has 3 atom stereocenters. The van der Waals surface area contributed by atoms with Crippen LogP contribution in [0.25, 0.3) is 0 Å². The predicted octanol–water partition coefficient (Wildman–Crippen LogP) is 1.91. The van der Waals surface area contributed by atoms with E-state index in [0.717, 1.165) is 31.2 Å². The lowest BCUT2D eigenvalue weighted by Crippen LogP contribution is -2.68. The van der Waals surface area contributed by atoms with Gasteiger partial charge in [-0.15, -0.1) is 0 Å². The lowest BCUT2D eigenvalue weighted by atomic mass is 9.85. The zero-order valence-corrected chi connectivity index (χ0v) is 15.4. The Balaban J connectivity index is 1.51. The SMILES string of the molecule is Cc1ccc(Cl)cc1NC(=O)CN1C(=O)C2NN=CN2C2CCCCC21. The molecule has 138 valence electrons. The van der Waals surface area contributed by atoms with E-state index in [-0.39, 0.29) is 30.4 Å². The van der Waals surface area contributed by atoms with Crippen molar-refractivity contribution in [2.24, 2.45) is 5.10 Å². The molecule has 0 spiro atoms. The third-order valence-corrected chi connectivity index (χ3v) is 5.70. The van der Waals surface area contributed by atoms with E-state index in [9.17, 15) is 9.59 Å². The van der Waals surface area contributed by atoms with Gasteiger partial charge in [0.2, 0.25) is 5.91 Å². The summed E-state index contributed by atoms with van der Waals surface area (Å²) in [5.41, 5.74) is 4.47. The summed E-state index contributed by atoms with van der Waals surface area (Å²) in [4.78, 5) is 29.3. The Labute approximate surface area is 157 Å². The van der Waals surface area contributed by atoms with Crippen LogP contribution in [-0.2, 0) is 9.59 Å². The van der Waals surface area contributed by atoms with E-state index in [1.54, 1.807) is 23.4 Å². The Bertz CT molecular complexity index is 768. The van der Waals surface area contributed by atoms with Crippen LogP contribution in [0.2, 0.25) is 5.02 Å². The summed E-state index contributed by atoms with van der Waals surface area (Å²) in [7, 11) is 0. The maximum Gasteiger partial charge on any atom is 0.268 e. The van der Waals surface area contributed by atoms with Crippen LogP contribution in [-0.4, -0.2) is 52.7 Å². The summed E-state index contributed by atoms with van der Waals surface area (Å²) in [5.74, 6) is -0.302. The molecule has 4 rings (SSSR count). The van der Waals surface area contributed by atoms with Gasteiger partial charge in [-0.25, -0.2) is 0 Å². The second-order valence-electron chi connectivity index (χ2n) is 7.12. The highest BCUT2D eigenvalue weighted by Gasteiger charge is 2.48. The summed E-state index contributed by atoms with van der Waals surface area (Å²) in [5, 5.41) is 7.52. The van der Waals surface area contributed by atoms with Gasteiger partial charge in [-0.05, 0) is 37.5 Å². The second-order valence-corrected chi connectivity index (χ2v) is 7.55. The molecule has 2 amide bonds. The van der Waals surface area contributed by atoms with Crippen molar-refractivity contribution in [2.75, 3.05) is 11.9 Å². The number of rotatable bonds is 3. The number of halogens is 1. The Hall–Kier alpha value is -2.28. The van der Waals surface area contributed by atoms with E-state index >= 15 is 0 Å². The summed E-state index contributed by atoms with van der Waals surface area (Å²) in [6, 6.07) is 5.63. The third kappa shape index (κ3) is 3.00. The molecule has 3 aliphatic rings. The molecule has 1 aliphatic carbocycles. The number of fused-ring (bicyclic) bond motifs is 3. The standard InChI is InChI=1S/C18H22ClN5O2/c1-11-6-7-12(19)8-13(11)21-16(25)9-23-14-4-2-3-5-15(14)24-10-20-22-17(24)18(23)26/h6-8,10,14-15,17,22H,2-5,9H2,1H3,(H,21,25). The molecule has 2 fully saturated rings. The summed E-state index contributed by atoms with van der Waals surface area (Å²) < 4.78 is 0. The van der Waals surface area contributed by atoms with Crippen molar-refractivity contribution in [1.29, 1.82) is 0 Å². The van der Waals surface area contributed by atoms with Gasteiger partial charge >= 0.3 is 0 Å². The predicted molar refractivity (Wildman–Crippen MR) is 99.8 cm³/mol. The van der Waals surface area contributed by atoms with Crippen LogP contribution in [0.1, 0.15) is 31.2 Å². The molecule has 1 aromatic carbocycles. The minimum Gasteiger partial charge on any atom is -0.327 e. The molecule has 1 saturated carbocycles. The number of nitrogens with zero attached hydrogens (tertiary/aromatic N) is 3. The lowest BCUT2D eigenvalue weighted by Gasteiger charge is -2.50. The van der Waals surface area contributed by atoms with Crippen molar-refractivity contribution in [1.82, 2.24) is 15.2 Å². The van der Waals surface area contributed by atoms with E-state index in [4.69, 9.17) is 11.6 Å². The van der Waals surface area contributed by atoms with Gasteiger partial charge in [-0.1, -0.05) is 30.5 Å². The molecule has 0 aromatic heterocycles. The quantitative estimate of drug-likeness (QED) is 0.846. The number of benzene rings is 1. The Kier molecular flexibility index (Phi) is 4.48. The van der Waals surface area contributed by atoms with Gasteiger partial charge in [-0.2, -0.15) is 5.10 Å². The Morgan fingerprint density at radius 1 is 1.35 bits per heavy atom. The average molecular weight is 376 g/mol. The van der Waals surface area contributed by atoms with Crippen molar-refractivity contribution in [3.63, 3.8) is 0 Å². The smallest absolute Gasteiger partial charge is 0.268 e. The van der Waals surface area contributed by atoms with Crippen LogP contribution >= 0.6 is 11.6 Å². The largest absolute Gasteiger partial charge is 0.327 e. The second kappa shape index (κ2) is 6.79. The number of nitrogens with one attached hydrogen (secondary N) is 2. The van der Waals surface area contributed by atoms with Crippen LogP contribution in [0.4, 0.5) is 5.69 Å². The summed E-state index contributed by atoms with van der Waals surface area (Å²) >= 11 is 6.02. The van der Waals surface area contributed by atoms with Crippen LogP contribution in [0.3, 0.4) is 0 Å². The van der Waals surface area contributed by atoms with Crippen LogP contribution in [0, 0.1) is 6.92 Å². The Morgan fingerprint density at radius 2 is 2.12 bits per heavy atom. The van der Waals surface area contributed by atoms with E-state index in [2.05, 4.69) is 15.8 Å². The maximum absolute atomic E-state index is 12.9. The summed E-state index contributed by atoms with van der Waals surface area (Å²) in [6.07, 6.45) is 5.36. The number of hydrogen-bond acceptors (Lipinski definition) is 5. The van der Waals surface area contributed by atoms with Crippen LogP contribution in [0.15, 0.2) is 23.3 Å². The highest BCUT2D eigenvalue weighted by Crippen LogP contribution is 2.33. The van der Waals surface area contributed by atoms with E-state index in [1.807, 2.05) is 17.9 Å². The van der Waals surface area contributed by atoms with Crippen LogP contribution in [0.5, 0.6) is 0 Å². The number of hydrogen-bond donors (Lipinski definition) is 2. The van der Waals surface area contributed by atoms with E-state index < -0.39 is 6.17 Å². The van der Waals surface area contributed by atoms with Gasteiger partial charge in [0.25, 0.3) is 5.91 Å². The molecular weight excluding hydrogens is 354 g/mol. The molecule has 7 nitrogen and oxygen atoms in total. The molecule has 1 saturated heterocycles. The van der Waals surface area contributed by atoms with Gasteiger partial charge in [0.1, 0.15) is 12.9 Å². The van der Waals surface area contributed by atoms with E-state index in [1.165, 1.54) is 0 Å². The zero-order chi connectivity index (χ0) is 18.3. The highest BCUT2D eigenvalue weighted by molar-refractivity contribution is 6.31. The van der Waals surface area contributed by atoms with Crippen molar-refractivity contribution < 1.29 is 9.59 Å². The third-order valence-electron chi connectivity index (χ3n) is 5.47. The summed E-state index contributed by atoms with van der Waals surface area (Å²) in [6.45, 7) is 1.95. The Morgan fingerprint density at radius 3 is 2.92 bits per heavy atom. The molecule has 8 heteroatoms. The van der Waals surface area contributed by atoms with E-state index in [0.29, 0.717) is 10.7 Å². The van der Waals surface area contributed by atoms with Crippen molar-refractivity contribution in [3.05, 3.63) is 28.8 Å². The molecule has 1 aromatic rings. The number of piperazine rings is 1. The highest BCUT2D eigenvalue weighted by atomic mass is 35.5. The number of carbonyl (C=O) groups is 2. The van der Waals surface area contributed by atoms with Crippen molar-refractivity contribution >= 4 is 35.4 Å².